The first-order valence-corrected chi connectivity index (χ1v) is 13.6. The molecule has 0 spiro atoms. The number of hydrogen-bond donors (Lipinski definition) is 0. The van der Waals surface area contributed by atoms with Crippen LogP contribution in [0.25, 0.3) is 5.57 Å². The van der Waals surface area contributed by atoms with Crippen LogP contribution in [-0.4, -0.2) is 8.42 Å². The van der Waals surface area contributed by atoms with E-state index in [-0.39, 0.29) is 4.90 Å². The Balaban J connectivity index is 2.00. The first kappa shape index (κ1) is 20.8. The molecule has 0 unspecified atom stereocenters. The van der Waals surface area contributed by atoms with E-state index >= 15 is 0 Å². The van der Waals surface area contributed by atoms with E-state index in [0.717, 1.165) is 26.7 Å². The van der Waals surface area contributed by atoms with Crippen LogP contribution in [0.4, 0.5) is 0 Å². The van der Waals surface area contributed by atoms with Crippen molar-refractivity contribution in [3.05, 3.63) is 104 Å². The normalized spacial score (nSPS) is 12.6. The first-order valence-electron chi connectivity index (χ1n) is 9.01. The molecule has 0 amide bonds. The van der Waals surface area contributed by atoms with Gasteiger partial charge in [-0.1, -0.05) is 0 Å². The number of aryl methyl sites for hydroxylation is 1. The third-order valence-electron chi connectivity index (χ3n) is 4.16. The molecule has 0 aliphatic carbocycles. The van der Waals surface area contributed by atoms with Crippen LogP contribution in [0, 0.1) is 10.5 Å². The summed E-state index contributed by atoms with van der Waals surface area (Å²) >= 11 is -2.61. The second-order valence-corrected chi connectivity index (χ2v) is 12.3. The fourth-order valence-electron chi connectivity index (χ4n) is 2.60. The van der Waals surface area contributed by atoms with E-state index in [1.54, 1.807) is 24.3 Å². The van der Waals surface area contributed by atoms with Crippen molar-refractivity contribution in [1.82, 2.24) is 0 Å². The first-order chi connectivity index (χ1) is 13.5. The summed E-state index contributed by atoms with van der Waals surface area (Å²) in [5.74, 6) is 0. The second-order valence-electron chi connectivity index (χ2n) is 6.26. The molecule has 0 bridgehead atoms. The number of halogens is 1. The zero-order valence-electron chi connectivity index (χ0n) is 15.9. The average molecular weight is 506 g/mol. The van der Waals surface area contributed by atoms with E-state index in [9.17, 15) is 8.42 Å². The van der Waals surface area contributed by atoms with E-state index in [4.69, 9.17) is 2.51 Å². The molecule has 146 valence electrons. The van der Waals surface area contributed by atoms with Crippen LogP contribution in [0.3, 0.4) is 0 Å². The zero-order valence-corrected chi connectivity index (χ0v) is 18.9. The van der Waals surface area contributed by atoms with Crippen molar-refractivity contribution in [2.45, 2.75) is 25.2 Å². The molecule has 0 atom stereocenters. The Morgan fingerprint density at radius 2 is 1.46 bits per heavy atom. The Morgan fingerprint density at radius 3 is 2.04 bits per heavy atom. The van der Waals surface area contributed by atoms with E-state index in [1.165, 1.54) is 0 Å². The fourth-order valence-corrected chi connectivity index (χ4v) is 9.49. The van der Waals surface area contributed by atoms with Crippen molar-refractivity contribution in [2.24, 2.45) is 0 Å². The molecule has 0 N–H and O–H groups in total. The predicted octanol–water partition coefficient (Wildman–Crippen LogP) is 6.44. The van der Waals surface area contributed by atoms with E-state index in [1.807, 2.05) is 67.6 Å². The number of hydrogen-bond acceptors (Lipinski definition) is 3. The molecule has 3 aromatic carbocycles. The molecule has 0 heterocycles. The van der Waals surface area contributed by atoms with Crippen LogP contribution in [-0.2, 0) is 12.6 Å². The van der Waals surface area contributed by atoms with Crippen molar-refractivity contribution in [2.75, 3.05) is 0 Å². The van der Waals surface area contributed by atoms with Crippen molar-refractivity contribution in [3.8, 4) is 0 Å². The van der Waals surface area contributed by atoms with E-state index < -0.39 is 30.4 Å². The molecule has 3 aromatic rings. The molecule has 28 heavy (non-hydrogen) atoms. The van der Waals surface area contributed by atoms with Gasteiger partial charge in [0.05, 0.1) is 0 Å². The third-order valence-corrected chi connectivity index (χ3v) is 11.2. The summed E-state index contributed by atoms with van der Waals surface area (Å²) < 4.78 is 34.7. The van der Waals surface area contributed by atoms with Gasteiger partial charge in [-0.2, -0.15) is 0 Å². The van der Waals surface area contributed by atoms with Gasteiger partial charge in [0.1, 0.15) is 0 Å². The molecule has 5 heteroatoms. The van der Waals surface area contributed by atoms with Gasteiger partial charge in [0, 0.05) is 0 Å². The summed E-state index contributed by atoms with van der Waals surface area (Å²) in [5.41, 5.74) is 3.21. The Bertz CT molecular complexity index is 1030. The Kier molecular flexibility index (Phi) is 7.04. The number of rotatable bonds is 7. The molecular formula is C23H23IO3S. The second kappa shape index (κ2) is 9.49. The minimum atomic E-state index is -3.84. The number of benzene rings is 3. The van der Waals surface area contributed by atoms with Crippen LogP contribution in [0.5, 0.6) is 0 Å². The molecule has 3 nitrogen and oxygen atoms in total. The average Bonchev–Trinajstić information content (AvgIpc) is 2.72. The van der Waals surface area contributed by atoms with Gasteiger partial charge in [-0.15, -0.1) is 0 Å². The van der Waals surface area contributed by atoms with Crippen molar-refractivity contribution in [3.63, 3.8) is 0 Å². The van der Waals surface area contributed by atoms with Crippen LogP contribution in [0.15, 0.2) is 93.9 Å². The Morgan fingerprint density at radius 1 is 0.893 bits per heavy atom. The van der Waals surface area contributed by atoms with Gasteiger partial charge in [-0.25, -0.2) is 0 Å². The van der Waals surface area contributed by atoms with Crippen molar-refractivity contribution < 1.29 is 10.9 Å². The topological polar surface area (TPSA) is 43.4 Å². The maximum atomic E-state index is 12.9. The molecular weight excluding hydrogens is 483 g/mol. The standard InChI is InChI=1S/C23H23IO3S/c1-3-20(21-10-6-4-7-11-21)18-24(22-12-8-5-9-13-22)27-28(25,26)23-16-14-19(2)15-17-23/h4-18H,3H2,1-2H3/b20-18+. The van der Waals surface area contributed by atoms with Crippen LogP contribution in [0.1, 0.15) is 24.5 Å². The Hall–Kier alpha value is -1.96. The quantitative estimate of drug-likeness (QED) is 0.347. The maximum absolute atomic E-state index is 12.9. The summed E-state index contributed by atoms with van der Waals surface area (Å²) in [6, 6.07) is 26.5. The van der Waals surface area contributed by atoms with Crippen LogP contribution >= 0.6 is 20.2 Å². The summed E-state index contributed by atoms with van der Waals surface area (Å²) in [7, 11) is -3.84. The molecule has 0 aliphatic rings. The third kappa shape index (κ3) is 5.31. The van der Waals surface area contributed by atoms with Crippen molar-refractivity contribution >= 4 is 35.9 Å². The minimum absolute atomic E-state index is 0.197. The van der Waals surface area contributed by atoms with Crippen molar-refractivity contribution in [1.29, 1.82) is 0 Å². The summed E-state index contributed by atoms with van der Waals surface area (Å²) in [6.07, 6.45) is 0.804. The summed E-state index contributed by atoms with van der Waals surface area (Å²) in [5, 5.41) is 0. The van der Waals surface area contributed by atoms with Crippen LogP contribution in [0.2, 0.25) is 0 Å². The van der Waals surface area contributed by atoms with Gasteiger partial charge in [-0.05, 0) is 0 Å². The molecule has 0 saturated heterocycles. The van der Waals surface area contributed by atoms with Gasteiger partial charge in [0.25, 0.3) is 0 Å². The fraction of sp³-hybridized carbons (Fsp3) is 0.130. The zero-order chi connectivity index (χ0) is 20.0. The van der Waals surface area contributed by atoms with Gasteiger partial charge in [0.15, 0.2) is 0 Å². The summed E-state index contributed by atoms with van der Waals surface area (Å²) in [4.78, 5) is 0.197. The molecule has 0 fully saturated rings. The SMILES string of the molecule is CC/C(=C\I(OS(=O)(=O)c1ccc(C)cc1)c1ccccc1)c1ccccc1. The molecule has 0 aliphatic heterocycles. The molecule has 0 saturated carbocycles. The monoisotopic (exact) mass is 506 g/mol. The van der Waals surface area contributed by atoms with Gasteiger partial charge < -0.3 is 0 Å². The van der Waals surface area contributed by atoms with E-state index in [0.29, 0.717) is 0 Å². The number of allylic oxidation sites excluding steroid dienone is 1. The van der Waals surface area contributed by atoms with Gasteiger partial charge in [0.2, 0.25) is 0 Å². The summed E-state index contributed by atoms with van der Waals surface area (Å²) in [6.45, 7) is 4.00. The van der Waals surface area contributed by atoms with Gasteiger partial charge >= 0.3 is 176 Å². The molecule has 0 aromatic heterocycles. The molecule has 3 rings (SSSR count). The predicted molar refractivity (Wildman–Crippen MR) is 123 cm³/mol. The molecule has 0 radical (unpaired) electrons. The van der Waals surface area contributed by atoms with E-state index in [2.05, 4.69) is 11.0 Å². The van der Waals surface area contributed by atoms with Gasteiger partial charge in [-0.3, -0.25) is 0 Å². The Labute approximate surface area is 175 Å². The van der Waals surface area contributed by atoms with Crippen LogP contribution < -0.4 is 0 Å².